The molecule has 0 amide bonds. The number of rotatable bonds is 4. The molecule has 0 aliphatic carbocycles. The van der Waals surface area contributed by atoms with Gasteiger partial charge in [-0.3, -0.25) is 0 Å². The van der Waals surface area contributed by atoms with E-state index in [4.69, 9.17) is 11.5 Å². The minimum atomic E-state index is 0.758. The summed E-state index contributed by atoms with van der Waals surface area (Å²) in [5, 5.41) is 2.40. The van der Waals surface area contributed by atoms with Gasteiger partial charge in [-0.05, 0) is 48.2 Å². The van der Waals surface area contributed by atoms with Gasteiger partial charge in [0.05, 0.1) is 0 Å². The molecule has 0 aliphatic heterocycles. The van der Waals surface area contributed by atoms with Crippen molar-refractivity contribution in [2.75, 3.05) is 11.5 Å². The Labute approximate surface area is 128 Å². The molecule has 0 spiro atoms. The number of hydrogen-bond donors (Lipinski definition) is 2. The molecule has 1 aromatic heterocycles. The number of nitrogen functional groups attached to an aromatic ring is 2. The highest BCUT2D eigenvalue weighted by molar-refractivity contribution is 7.25. The topological polar surface area (TPSA) is 52.0 Å². The highest BCUT2D eigenvalue weighted by Crippen LogP contribution is 2.40. The third kappa shape index (κ3) is 2.20. The molecule has 0 saturated carbocycles. The maximum Gasteiger partial charge on any atom is 0.0392 e. The third-order valence-corrected chi connectivity index (χ3v) is 4.85. The number of nitrogens with two attached hydrogens (primary N) is 2. The minimum Gasteiger partial charge on any atom is -0.399 e. The summed E-state index contributed by atoms with van der Waals surface area (Å²) in [6.45, 7) is 7.68. The molecule has 0 saturated heterocycles. The van der Waals surface area contributed by atoms with Crippen molar-refractivity contribution in [1.29, 1.82) is 0 Å². The summed E-state index contributed by atoms with van der Waals surface area (Å²) in [5.41, 5.74) is 16.3. The quantitative estimate of drug-likeness (QED) is 0.542. The maximum atomic E-state index is 6.39. The van der Waals surface area contributed by atoms with Crippen molar-refractivity contribution in [2.45, 2.75) is 12.8 Å². The third-order valence-electron chi connectivity index (χ3n) is 3.73. The van der Waals surface area contributed by atoms with Gasteiger partial charge in [0.15, 0.2) is 0 Å². The normalized spacial score (nSPS) is 11.0. The highest BCUT2D eigenvalue weighted by Gasteiger charge is 2.14. The van der Waals surface area contributed by atoms with E-state index in [1.807, 2.05) is 24.3 Å². The minimum absolute atomic E-state index is 0.758. The summed E-state index contributed by atoms with van der Waals surface area (Å²) in [4.78, 5) is 0. The van der Waals surface area contributed by atoms with Crippen LogP contribution in [0.25, 0.3) is 20.2 Å². The van der Waals surface area contributed by atoms with Gasteiger partial charge < -0.3 is 11.5 Å². The molecule has 2 nitrogen and oxygen atoms in total. The van der Waals surface area contributed by atoms with Crippen LogP contribution in [0.3, 0.4) is 0 Å². The van der Waals surface area contributed by atoms with E-state index in [1.54, 1.807) is 11.3 Å². The lowest BCUT2D eigenvalue weighted by molar-refractivity contribution is 1.24. The summed E-state index contributed by atoms with van der Waals surface area (Å²) < 4.78 is 2.48. The molecule has 3 aromatic rings. The van der Waals surface area contributed by atoms with Gasteiger partial charge in [0, 0.05) is 31.5 Å². The van der Waals surface area contributed by atoms with Crippen LogP contribution >= 0.6 is 11.3 Å². The SMILES string of the molecule is C=CCc1cc2sc3ccc(N)cc3c2c(CC=C)c1N. The predicted octanol–water partition coefficient (Wildman–Crippen LogP) is 4.68. The zero-order valence-corrected chi connectivity index (χ0v) is 12.7. The zero-order chi connectivity index (χ0) is 15.0. The van der Waals surface area contributed by atoms with Crippen molar-refractivity contribution < 1.29 is 0 Å². The largest absolute Gasteiger partial charge is 0.399 e. The van der Waals surface area contributed by atoms with Gasteiger partial charge in [-0.2, -0.15) is 0 Å². The molecule has 0 radical (unpaired) electrons. The summed E-state index contributed by atoms with van der Waals surface area (Å²) in [7, 11) is 0. The van der Waals surface area contributed by atoms with Crippen LogP contribution < -0.4 is 11.5 Å². The monoisotopic (exact) mass is 294 g/mol. The first-order valence-corrected chi connectivity index (χ1v) is 7.71. The van der Waals surface area contributed by atoms with Crippen LogP contribution in [0.2, 0.25) is 0 Å². The molecule has 4 N–H and O–H groups in total. The maximum absolute atomic E-state index is 6.39. The van der Waals surface area contributed by atoms with E-state index in [0.717, 1.165) is 35.3 Å². The van der Waals surface area contributed by atoms with E-state index in [1.165, 1.54) is 20.2 Å². The van der Waals surface area contributed by atoms with Crippen molar-refractivity contribution in [2.24, 2.45) is 0 Å². The lowest BCUT2D eigenvalue weighted by atomic mass is 9.96. The Hall–Kier alpha value is -2.26. The second-order valence-electron chi connectivity index (χ2n) is 5.14. The van der Waals surface area contributed by atoms with Crippen molar-refractivity contribution in [3.05, 3.63) is 60.7 Å². The molecule has 0 unspecified atom stereocenters. The van der Waals surface area contributed by atoms with Crippen LogP contribution in [-0.2, 0) is 12.8 Å². The number of anilines is 2. The average Bonchev–Trinajstić information content (AvgIpc) is 2.81. The van der Waals surface area contributed by atoms with E-state index in [2.05, 4.69) is 25.3 Å². The summed E-state index contributed by atoms with van der Waals surface area (Å²) >= 11 is 1.78. The fraction of sp³-hybridized carbons (Fsp3) is 0.111. The van der Waals surface area contributed by atoms with Gasteiger partial charge in [-0.15, -0.1) is 24.5 Å². The molecule has 2 aromatic carbocycles. The second kappa shape index (κ2) is 5.26. The van der Waals surface area contributed by atoms with Crippen LogP contribution in [0.1, 0.15) is 11.1 Å². The molecule has 21 heavy (non-hydrogen) atoms. The number of thiophene rings is 1. The van der Waals surface area contributed by atoms with E-state index in [9.17, 15) is 0 Å². The van der Waals surface area contributed by atoms with Gasteiger partial charge in [0.2, 0.25) is 0 Å². The fourth-order valence-electron chi connectivity index (χ4n) is 2.79. The first kappa shape index (κ1) is 13.7. The van der Waals surface area contributed by atoms with Crippen LogP contribution in [0.15, 0.2) is 49.6 Å². The Morgan fingerprint density at radius 3 is 2.48 bits per heavy atom. The number of hydrogen-bond acceptors (Lipinski definition) is 3. The van der Waals surface area contributed by atoms with Crippen molar-refractivity contribution >= 4 is 42.9 Å². The molecular formula is C18H18N2S. The first-order valence-electron chi connectivity index (χ1n) is 6.89. The van der Waals surface area contributed by atoms with E-state index in [-0.39, 0.29) is 0 Å². The van der Waals surface area contributed by atoms with Gasteiger partial charge in [-0.1, -0.05) is 12.2 Å². The lowest BCUT2D eigenvalue weighted by Crippen LogP contribution is -1.99. The van der Waals surface area contributed by atoms with Crippen molar-refractivity contribution in [1.82, 2.24) is 0 Å². The lowest BCUT2D eigenvalue weighted by Gasteiger charge is -2.11. The van der Waals surface area contributed by atoms with Gasteiger partial charge in [0.1, 0.15) is 0 Å². The van der Waals surface area contributed by atoms with Gasteiger partial charge >= 0.3 is 0 Å². The molecule has 0 aliphatic rings. The van der Waals surface area contributed by atoms with E-state index < -0.39 is 0 Å². The Bertz CT molecular complexity index is 859. The van der Waals surface area contributed by atoms with Crippen molar-refractivity contribution in [3.63, 3.8) is 0 Å². The highest BCUT2D eigenvalue weighted by atomic mass is 32.1. The average molecular weight is 294 g/mol. The van der Waals surface area contributed by atoms with E-state index >= 15 is 0 Å². The summed E-state index contributed by atoms with van der Waals surface area (Å²) in [5.74, 6) is 0. The van der Waals surface area contributed by atoms with Crippen LogP contribution in [0, 0.1) is 0 Å². The standard InChI is InChI=1S/C18H18N2S/c1-3-5-11-9-16-17(13(6-4-2)18(11)20)14-10-12(19)7-8-15(14)21-16/h3-4,7-10H,1-2,5-6,19-20H2. The Morgan fingerprint density at radius 1 is 1.00 bits per heavy atom. The van der Waals surface area contributed by atoms with Gasteiger partial charge in [-0.25, -0.2) is 0 Å². The Kier molecular flexibility index (Phi) is 3.43. The molecule has 0 bridgehead atoms. The predicted molar refractivity (Wildman–Crippen MR) is 96.0 cm³/mol. The Balaban J connectivity index is 2.45. The first-order chi connectivity index (χ1) is 10.2. The number of benzene rings is 2. The molecule has 1 heterocycles. The second-order valence-corrected chi connectivity index (χ2v) is 6.23. The smallest absolute Gasteiger partial charge is 0.0392 e. The molecule has 106 valence electrons. The summed E-state index contributed by atoms with van der Waals surface area (Å²) in [6.07, 6.45) is 5.33. The molecular weight excluding hydrogens is 276 g/mol. The van der Waals surface area contributed by atoms with E-state index in [0.29, 0.717) is 0 Å². The molecule has 0 fully saturated rings. The molecule has 0 atom stereocenters. The van der Waals surface area contributed by atoms with Crippen LogP contribution in [-0.4, -0.2) is 0 Å². The summed E-state index contributed by atoms with van der Waals surface area (Å²) in [6, 6.07) is 8.24. The molecule has 3 rings (SSSR count). The number of fused-ring (bicyclic) bond motifs is 3. The fourth-order valence-corrected chi connectivity index (χ4v) is 3.97. The number of allylic oxidation sites excluding steroid dienone is 2. The van der Waals surface area contributed by atoms with Crippen LogP contribution in [0.4, 0.5) is 11.4 Å². The zero-order valence-electron chi connectivity index (χ0n) is 11.9. The molecule has 3 heteroatoms. The Morgan fingerprint density at radius 2 is 1.76 bits per heavy atom. The van der Waals surface area contributed by atoms with Gasteiger partial charge in [0.25, 0.3) is 0 Å². The van der Waals surface area contributed by atoms with Crippen LogP contribution in [0.5, 0.6) is 0 Å². The van der Waals surface area contributed by atoms with Crippen molar-refractivity contribution in [3.8, 4) is 0 Å².